The van der Waals surface area contributed by atoms with Gasteiger partial charge in [0.25, 0.3) is 0 Å². The van der Waals surface area contributed by atoms with Crippen LogP contribution in [0.4, 0.5) is 35.9 Å². The second-order valence-electron chi connectivity index (χ2n) is 17.2. The molecule has 2 saturated heterocycles. The topological polar surface area (TPSA) is 89.6 Å². The normalized spacial score (nSPS) is 21.2. The summed E-state index contributed by atoms with van der Waals surface area (Å²) in [5, 5.41) is 5.64. The Morgan fingerprint density at radius 1 is 0.578 bits per heavy atom. The van der Waals surface area contributed by atoms with Crippen LogP contribution < -0.4 is 20.1 Å². The van der Waals surface area contributed by atoms with Crippen LogP contribution in [0, 0.1) is 23.3 Å². The number of ether oxygens (including phenoxy) is 2. The molecule has 0 unspecified atom stereocenters. The summed E-state index contributed by atoms with van der Waals surface area (Å²) in [5.41, 5.74) is 2.03. The fourth-order valence-corrected chi connectivity index (χ4v) is 7.82. The second kappa shape index (κ2) is 21.5. The minimum Gasteiger partial charge on any atom is -0.490 e. The lowest BCUT2D eigenvalue weighted by Gasteiger charge is -2.39. The van der Waals surface area contributed by atoms with Gasteiger partial charge in [0.05, 0.1) is 37.4 Å². The SMILES string of the molecule is CN1CC[C@@H](N(Cc2ccc(F)cc2F)C(=O)NCc2ccc(OC3CC3)cc2)[C@@H](F)C1.CN1CC[C@H](N(Cc2ccc(F)cc2F)C(=O)NCc2ccc(OC3CC3)cc2)[C@H](F)C1. The zero-order valence-electron chi connectivity index (χ0n) is 36.1. The molecule has 4 fully saturated rings. The first-order valence-corrected chi connectivity index (χ1v) is 21.9. The highest BCUT2D eigenvalue weighted by molar-refractivity contribution is 5.75. The fourth-order valence-electron chi connectivity index (χ4n) is 7.82. The molecule has 4 aliphatic rings. The molecule has 2 N–H and O–H groups in total. The number of benzene rings is 4. The van der Waals surface area contributed by atoms with Crippen LogP contribution >= 0.6 is 0 Å². The minimum absolute atomic E-state index is 0.138. The van der Waals surface area contributed by atoms with Crippen molar-refractivity contribution in [1.29, 1.82) is 0 Å². The first kappa shape index (κ1) is 46.5. The Hall–Kier alpha value is -5.48. The number of alkyl halides is 2. The van der Waals surface area contributed by atoms with E-state index in [-0.39, 0.29) is 50.4 Å². The molecule has 10 nitrogen and oxygen atoms in total. The molecule has 0 bridgehead atoms. The molecule has 0 radical (unpaired) electrons. The number of carbonyl (C=O) groups excluding carboxylic acids is 2. The molecule has 16 heteroatoms. The molecule has 2 aliphatic carbocycles. The molecule has 0 spiro atoms. The zero-order valence-corrected chi connectivity index (χ0v) is 36.1. The number of hydrogen-bond acceptors (Lipinski definition) is 6. The predicted molar refractivity (Wildman–Crippen MR) is 230 cm³/mol. The van der Waals surface area contributed by atoms with Gasteiger partial charge in [-0.1, -0.05) is 36.4 Å². The van der Waals surface area contributed by atoms with Gasteiger partial charge in [0.2, 0.25) is 0 Å². The monoisotopic (exact) mass is 894 g/mol. The Balaban J connectivity index is 0.000000191. The van der Waals surface area contributed by atoms with Crippen molar-refractivity contribution in [3.63, 3.8) is 0 Å². The summed E-state index contributed by atoms with van der Waals surface area (Å²) in [7, 11) is 3.65. The summed E-state index contributed by atoms with van der Waals surface area (Å²) >= 11 is 0. The van der Waals surface area contributed by atoms with Gasteiger partial charge < -0.3 is 39.7 Å². The summed E-state index contributed by atoms with van der Waals surface area (Å²) in [6.07, 6.45) is 3.27. The van der Waals surface area contributed by atoms with Crippen LogP contribution in [0.2, 0.25) is 0 Å². The number of nitrogens with one attached hydrogen (secondary N) is 2. The van der Waals surface area contributed by atoms with Crippen LogP contribution in [-0.2, 0) is 26.2 Å². The van der Waals surface area contributed by atoms with E-state index in [4.69, 9.17) is 9.47 Å². The molecule has 344 valence electrons. The van der Waals surface area contributed by atoms with Crippen LogP contribution in [0.3, 0.4) is 0 Å². The Morgan fingerprint density at radius 2 is 0.953 bits per heavy atom. The van der Waals surface area contributed by atoms with E-state index in [1.165, 1.54) is 21.9 Å². The molecule has 64 heavy (non-hydrogen) atoms. The average Bonchev–Trinajstić information content (AvgIpc) is 4.22. The Bertz CT molecular complexity index is 2030. The highest BCUT2D eigenvalue weighted by atomic mass is 19.2. The van der Waals surface area contributed by atoms with Gasteiger partial charge in [-0.05, 0) is 100 Å². The van der Waals surface area contributed by atoms with E-state index >= 15 is 0 Å². The van der Waals surface area contributed by atoms with Gasteiger partial charge in [-0.25, -0.2) is 35.9 Å². The summed E-state index contributed by atoms with van der Waals surface area (Å²) in [5.74, 6) is -1.31. The number of likely N-dealkylation sites (tertiary alicyclic amines) is 2. The predicted octanol–water partition coefficient (Wildman–Crippen LogP) is 8.52. The van der Waals surface area contributed by atoms with E-state index in [1.54, 1.807) is 0 Å². The third kappa shape index (κ3) is 13.3. The Morgan fingerprint density at radius 3 is 1.28 bits per heavy atom. The molecule has 4 atom stereocenters. The first-order chi connectivity index (χ1) is 30.8. The van der Waals surface area contributed by atoms with Crippen molar-refractivity contribution in [2.75, 3.05) is 40.3 Å². The number of hydrogen-bond donors (Lipinski definition) is 2. The van der Waals surface area contributed by atoms with Gasteiger partial charge in [-0.15, -0.1) is 0 Å². The molecule has 0 aromatic heterocycles. The van der Waals surface area contributed by atoms with Gasteiger partial charge in [-0.2, -0.15) is 0 Å². The zero-order chi connectivity index (χ0) is 45.3. The lowest BCUT2D eigenvalue weighted by Crippen LogP contribution is -2.55. The van der Waals surface area contributed by atoms with Gasteiger partial charge >= 0.3 is 12.1 Å². The van der Waals surface area contributed by atoms with Crippen molar-refractivity contribution in [3.8, 4) is 11.5 Å². The molecule has 2 aliphatic heterocycles. The first-order valence-electron chi connectivity index (χ1n) is 21.9. The van der Waals surface area contributed by atoms with Crippen molar-refractivity contribution in [2.45, 2.75) is 101 Å². The van der Waals surface area contributed by atoms with Gasteiger partial charge in [-0.3, -0.25) is 0 Å². The third-order valence-corrected chi connectivity index (χ3v) is 11.8. The van der Waals surface area contributed by atoms with Crippen molar-refractivity contribution >= 4 is 12.1 Å². The van der Waals surface area contributed by atoms with Crippen LogP contribution in [-0.4, -0.2) is 109 Å². The number of amides is 4. The largest absolute Gasteiger partial charge is 0.490 e. The second-order valence-corrected chi connectivity index (χ2v) is 17.2. The lowest BCUT2D eigenvalue weighted by atomic mass is 10.0. The highest BCUT2D eigenvalue weighted by Gasteiger charge is 2.37. The molecule has 2 saturated carbocycles. The Kier molecular flexibility index (Phi) is 15.6. The maximum Gasteiger partial charge on any atom is 0.318 e. The highest BCUT2D eigenvalue weighted by Crippen LogP contribution is 2.29. The molecule has 2 heterocycles. The lowest BCUT2D eigenvalue weighted by molar-refractivity contribution is 0.0566. The quantitative estimate of drug-likeness (QED) is 0.124. The van der Waals surface area contributed by atoms with Crippen molar-refractivity contribution in [3.05, 3.63) is 130 Å². The molecule has 4 aromatic carbocycles. The average molecular weight is 895 g/mol. The number of piperidine rings is 2. The smallest absolute Gasteiger partial charge is 0.318 e. The van der Waals surface area contributed by atoms with E-state index in [0.717, 1.165) is 72.6 Å². The van der Waals surface area contributed by atoms with Crippen molar-refractivity contribution < 1.29 is 45.4 Å². The van der Waals surface area contributed by atoms with Crippen molar-refractivity contribution in [2.24, 2.45) is 0 Å². The molecule has 8 rings (SSSR count). The maximum atomic E-state index is 14.9. The van der Waals surface area contributed by atoms with E-state index in [2.05, 4.69) is 10.6 Å². The van der Waals surface area contributed by atoms with Crippen LogP contribution in [0.1, 0.15) is 60.8 Å². The van der Waals surface area contributed by atoms with E-state index in [9.17, 15) is 35.9 Å². The summed E-state index contributed by atoms with van der Waals surface area (Å²) in [4.78, 5) is 32.5. The van der Waals surface area contributed by atoms with Crippen LogP contribution in [0.5, 0.6) is 11.5 Å². The minimum atomic E-state index is -1.26. The standard InChI is InChI=1S/2C24H28F3N3O2/c2*1-29-11-10-23(22(27)15-29)30(14-17-4-5-18(25)12-21(17)26)24(31)28-13-16-2-6-19(7-3-16)32-20-8-9-20/h2*2-7,12,20,22-23H,8-11,13-15H2,1H3,(H,28,31)/t2*22-,23+/m10/s1. The number of rotatable bonds is 14. The molecule has 4 aromatic rings. The summed E-state index contributed by atoms with van der Waals surface area (Å²) in [6, 6.07) is 19.0. The van der Waals surface area contributed by atoms with Crippen LogP contribution in [0.25, 0.3) is 0 Å². The third-order valence-electron chi connectivity index (χ3n) is 11.8. The fraction of sp³-hybridized carbons (Fsp3) is 0.458. The van der Waals surface area contributed by atoms with E-state index in [1.807, 2.05) is 72.4 Å². The summed E-state index contributed by atoms with van der Waals surface area (Å²) in [6.45, 7) is 1.86. The number of nitrogens with zero attached hydrogens (tertiary/aromatic N) is 4. The van der Waals surface area contributed by atoms with E-state index in [0.29, 0.717) is 38.1 Å². The van der Waals surface area contributed by atoms with Crippen LogP contribution in [0.15, 0.2) is 84.9 Å². The van der Waals surface area contributed by atoms with Gasteiger partial charge in [0.1, 0.15) is 47.1 Å². The summed E-state index contributed by atoms with van der Waals surface area (Å²) < 4.78 is 96.3. The van der Waals surface area contributed by atoms with E-state index < -0.39 is 59.8 Å². The van der Waals surface area contributed by atoms with Gasteiger partial charge in [0, 0.05) is 62.5 Å². The maximum absolute atomic E-state index is 14.9. The number of halogens is 6. The number of carbonyl (C=O) groups is 2. The van der Waals surface area contributed by atoms with Crippen molar-refractivity contribution in [1.82, 2.24) is 30.2 Å². The Labute approximate surface area is 370 Å². The molecular weight excluding hydrogens is 839 g/mol. The molecule has 4 amide bonds. The molecular formula is C48H56F6N6O4. The van der Waals surface area contributed by atoms with Gasteiger partial charge in [0.15, 0.2) is 0 Å². The number of urea groups is 2.